The van der Waals surface area contributed by atoms with Crippen LogP contribution in [0.3, 0.4) is 0 Å². The van der Waals surface area contributed by atoms with E-state index in [1.807, 2.05) is 18.2 Å². The Morgan fingerprint density at radius 3 is 2.44 bits per heavy atom. The number of carbonyl (C=O) groups excluding carboxylic acids is 3. The molecule has 0 saturated carbocycles. The van der Waals surface area contributed by atoms with Gasteiger partial charge in [0.2, 0.25) is 11.8 Å². The Morgan fingerprint density at radius 1 is 0.972 bits per heavy atom. The zero-order valence-electron chi connectivity index (χ0n) is 19.7. The van der Waals surface area contributed by atoms with Gasteiger partial charge < -0.3 is 21.3 Å². The maximum Gasteiger partial charge on any atom is 0.251 e. The van der Waals surface area contributed by atoms with Gasteiger partial charge in [-0.2, -0.15) is 5.10 Å². The number of halogens is 1. The average molecular weight is 510 g/mol. The molecule has 3 aromatic rings. The third-order valence-electron chi connectivity index (χ3n) is 5.95. The van der Waals surface area contributed by atoms with Crippen LogP contribution in [0.5, 0.6) is 0 Å². The fourth-order valence-corrected chi connectivity index (χ4v) is 4.17. The summed E-state index contributed by atoms with van der Waals surface area (Å²) in [5.41, 5.74) is 0.837. The van der Waals surface area contributed by atoms with Crippen LogP contribution >= 0.6 is 11.6 Å². The highest BCUT2D eigenvalue weighted by Crippen LogP contribution is 2.19. The van der Waals surface area contributed by atoms with Crippen molar-refractivity contribution in [1.82, 2.24) is 36.0 Å². The molecule has 1 fully saturated rings. The highest BCUT2D eigenvalue weighted by atomic mass is 35.5. The Kier molecular flexibility index (Phi) is 8.29. The topological polar surface area (TPSA) is 130 Å². The van der Waals surface area contributed by atoms with Gasteiger partial charge in [0, 0.05) is 36.1 Å². The van der Waals surface area contributed by atoms with E-state index >= 15 is 0 Å². The SMILES string of the molecule is O=C(Cn1ccc(-c2ccccn2)n1)NC1(C(=O)NCCNC(=O)c2ccc(Cl)cc2)CCNCC1. The first-order valence-corrected chi connectivity index (χ1v) is 12.1. The molecular weight excluding hydrogens is 482 g/mol. The second-order valence-corrected chi connectivity index (χ2v) is 8.95. The van der Waals surface area contributed by atoms with Gasteiger partial charge >= 0.3 is 0 Å². The number of piperidine rings is 1. The molecule has 1 saturated heterocycles. The van der Waals surface area contributed by atoms with E-state index in [9.17, 15) is 14.4 Å². The minimum absolute atomic E-state index is 0.0214. The highest BCUT2D eigenvalue weighted by Gasteiger charge is 2.40. The van der Waals surface area contributed by atoms with E-state index in [0.717, 1.165) is 0 Å². The summed E-state index contributed by atoms with van der Waals surface area (Å²) in [6.45, 7) is 1.67. The number of nitrogens with one attached hydrogen (secondary N) is 4. The quantitative estimate of drug-likeness (QED) is 0.322. The van der Waals surface area contributed by atoms with Crippen LogP contribution in [0.25, 0.3) is 11.4 Å². The van der Waals surface area contributed by atoms with Crippen molar-refractivity contribution < 1.29 is 14.4 Å². The lowest BCUT2D eigenvalue weighted by Gasteiger charge is -2.37. The van der Waals surface area contributed by atoms with E-state index in [4.69, 9.17) is 11.6 Å². The van der Waals surface area contributed by atoms with Crippen molar-refractivity contribution in [3.8, 4) is 11.4 Å². The molecule has 1 aromatic carbocycles. The van der Waals surface area contributed by atoms with Gasteiger partial charge in [-0.1, -0.05) is 17.7 Å². The van der Waals surface area contributed by atoms with Crippen molar-refractivity contribution >= 4 is 29.3 Å². The number of aromatic nitrogens is 3. The summed E-state index contributed by atoms with van der Waals surface area (Å²) in [4.78, 5) is 42.5. The van der Waals surface area contributed by atoms with Crippen LogP contribution in [0.1, 0.15) is 23.2 Å². The predicted octanol–water partition coefficient (Wildman–Crippen LogP) is 1.38. The maximum atomic E-state index is 13.1. The molecule has 2 aromatic heterocycles. The monoisotopic (exact) mass is 509 g/mol. The van der Waals surface area contributed by atoms with Crippen LogP contribution in [-0.4, -0.2) is 64.2 Å². The normalized spacial score (nSPS) is 14.6. The lowest BCUT2D eigenvalue weighted by Crippen LogP contribution is -2.63. The van der Waals surface area contributed by atoms with Gasteiger partial charge in [0.15, 0.2) is 0 Å². The molecule has 11 heteroatoms. The minimum atomic E-state index is -1.03. The number of pyridine rings is 1. The third-order valence-corrected chi connectivity index (χ3v) is 6.20. The van der Waals surface area contributed by atoms with Crippen molar-refractivity contribution in [3.05, 3.63) is 71.5 Å². The number of benzene rings is 1. The number of amides is 3. The Morgan fingerprint density at radius 2 is 1.72 bits per heavy atom. The first-order chi connectivity index (χ1) is 17.4. The molecule has 0 radical (unpaired) electrons. The van der Waals surface area contributed by atoms with Crippen LogP contribution in [0.15, 0.2) is 60.9 Å². The van der Waals surface area contributed by atoms with Crippen molar-refractivity contribution in [2.45, 2.75) is 24.9 Å². The second kappa shape index (κ2) is 11.8. The second-order valence-electron chi connectivity index (χ2n) is 8.51. The summed E-state index contributed by atoms with van der Waals surface area (Å²) in [7, 11) is 0. The number of nitrogens with zero attached hydrogens (tertiary/aromatic N) is 3. The van der Waals surface area contributed by atoms with Gasteiger partial charge in [-0.15, -0.1) is 0 Å². The smallest absolute Gasteiger partial charge is 0.251 e. The van der Waals surface area contributed by atoms with Crippen molar-refractivity contribution in [1.29, 1.82) is 0 Å². The molecule has 3 amide bonds. The van der Waals surface area contributed by atoms with E-state index in [0.29, 0.717) is 47.9 Å². The average Bonchev–Trinajstić information content (AvgIpc) is 3.36. The highest BCUT2D eigenvalue weighted by molar-refractivity contribution is 6.30. The molecule has 0 unspecified atom stereocenters. The number of hydrogen-bond acceptors (Lipinski definition) is 6. The Balaban J connectivity index is 1.30. The van der Waals surface area contributed by atoms with Gasteiger partial charge in [0.05, 0.1) is 5.69 Å². The van der Waals surface area contributed by atoms with E-state index in [-0.39, 0.29) is 37.4 Å². The van der Waals surface area contributed by atoms with Crippen LogP contribution < -0.4 is 21.3 Å². The predicted molar refractivity (Wildman–Crippen MR) is 135 cm³/mol. The van der Waals surface area contributed by atoms with E-state index < -0.39 is 5.54 Å². The first-order valence-electron chi connectivity index (χ1n) is 11.7. The Bertz CT molecular complexity index is 1190. The van der Waals surface area contributed by atoms with E-state index in [2.05, 4.69) is 31.3 Å². The fourth-order valence-electron chi connectivity index (χ4n) is 4.04. The molecule has 1 aliphatic rings. The molecule has 3 heterocycles. The lowest BCUT2D eigenvalue weighted by atomic mass is 9.87. The molecule has 10 nitrogen and oxygen atoms in total. The lowest BCUT2D eigenvalue weighted by molar-refractivity contribution is -0.135. The summed E-state index contributed by atoms with van der Waals surface area (Å²) in [6.07, 6.45) is 4.31. The summed E-state index contributed by atoms with van der Waals surface area (Å²) < 4.78 is 1.53. The summed E-state index contributed by atoms with van der Waals surface area (Å²) >= 11 is 5.85. The molecule has 0 atom stereocenters. The van der Waals surface area contributed by atoms with E-state index in [1.165, 1.54) is 4.68 Å². The molecule has 1 aliphatic heterocycles. The largest absolute Gasteiger partial charge is 0.352 e. The molecule has 0 spiro atoms. The number of rotatable bonds is 9. The van der Waals surface area contributed by atoms with E-state index in [1.54, 1.807) is 42.7 Å². The van der Waals surface area contributed by atoms with Crippen molar-refractivity contribution in [2.24, 2.45) is 0 Å². The standard InChI is InChI=1S/C25H28ClN7O3/c26-19-6-4-18(5-7-19)23(35)29-14-15-30-24(36)25(9-12-27-13-10-25)31-22(34)17-33-16-8-21(32-33)20-3-1-2-11-28-20/h1-8,11,16,27H,9-10,12-15,17H2,(H,29,35)(H,30,36)(H,31,34). The van der Waals surface area contributed by atoms with Crippen LogP contribution in [0.2, 0.25) is 5.02 Å². The van der Waals surface area contributed by atoms with Gasteiger partial charge in [0.1, 0.15) is 17.8 Å². The minimum Gasteiger partial charge on any atom is -0.352 e. The number of hydrogen-bond donors (Lipinski definition) is 4. The van der Waals surface area contributed by atoms with Gasteiger partial charge in [-0.3, -0.25) is 24.0 Å². The van der Waals surface area contributed by atoms with Crippen molar-refractivity contribution in [2.75, 3.05) is 26.2 Å². The van der Waals surface area contributed by atoms with Gasteiger partial charge in [-0.05, 0) is 68.4 Å². The Hall–Kier alpha value is -3.76. The summed E-state index contributed by atoms with van der Waals surface area (Å²) in [6, 6.07) is 13.9. The summed E-state index contributed by atoms with van der Waals surface area (Å²) in [5.74, 6) is -0.832. The molecule has 36 heavy (non-hydrogen) atoms. The zero-order valence-corrected chi connectivity index (χ0v) is 20.4. The molecular formula is C25H28ClN7O3. The number of carbonyl (C=O) groups is 3. The first kappa shape index (κ1) is 25.3. The molecule has 188 valence electrons. The Labute approximate surface area is 213 Å². The van der Waals surface area contributed by atoms with Crippen LogP contribution in [0.4, 0.5) is 0 Å². The third kappa shape index (κ3) is 6.46. The summed E-state index contributed by atoms with van der Waals surface area (Å²) in [5, 5.41) is 16.8. The van der Waals surface area contributed by atoms with Crippen molar-refractivity contribution in [3.63, 3.8) is 0 Å². The van der Waals surface area contributed by atoms with Crippen LogP contribution in [0, 0.1) is 0 Å². The maximum absolute atomic E-state index is 13.1. The van der Waals surface area contributed by atoms with Gasteiger partial charge in [-0.25, -0.2) is 0 Å². The molecule has 4 N–H and O–H groups in total. The zero-order chi connectivity index (χ0) is 25.4. The van der Waals surface area contributed by atoms with Crippen LogP contribution in [-0.2, 0) is 16.1 Å². The molecule has 0 bridgehead atoms. The van der Waals surface area contributed by atoms with Gasteiger partial charge in [0.25, 0.3) is 5.91 Å². The fraction of sp³-hybridized carbons (Fsp3) is 0.320. The molecule has 4 rings (SSSR count). The molecule has 0 aliphatic carbocycles.